The number of nitrogens with zero attached hydrogens (tertiary/aromatic N) is 1. The molecule has 0 spiro atoms. The number of halogens is 2. The number of aliphatic carboxylic acids is 1. The van der Waals surface area contributed by atoms with Gasteiger partial charge in [-0.25, -0.2) is 0 Å². The lowest BCUT2D eigenvalue weighted by atomic mass is 10.1. The number of benzene rings is 1. The minimum atomic E-state index is -0.823. The first-order chi connectivity index (χ1) is 8.43. The van der Waals surface area contributed by atoms with Crippen molar-refractivity contribution in [3.05, 3.63) is 26.6 Å². The molecule has 0 saturated carbocycles. The van der Waals surface area contributed by atoms with E-state index >= 15 is 0 Å². The molecule has 0 unspecified atom stereocenters. The SMILES string of the molecule is CCCN(CC(=O)O)Cc1cc(Br)cc(Br)c1N. The number of carbonyl (C=O) groups is 1. The molecule has 3 N–H and O–H groups in total. The summed E-state index contributed by atoms with van der Waals surface area (Å²) in [5.41, 5.74) is 7.56. The highest BCUT2D eigenvalue weighted by molar-refractivity contribution is 9.11. The van der Waals surface area contributed by atoms with Crippen LogP contribution in [0.4, 0.5) is 5.69 Å². The van der Waals surface area contributed by atoms with E-state index in [4.69, 9.17) is 10.8 Å². The number of hydrogen-bond acceptors (Lipinski definition) is 3. The third kappa shape index (κ3) is 4.59. The molecule has 0 saturated heterocycles. The zero-order valence-electron chi connectivity index (χ0n) is 10.1. The van der Waals surface area contributed by atoms with Gasteiger partial charge < -0.3 is 10.8 Å². The van der Waals surface area contributed by atoms with Crippen LogP contribution in [0.15, 0.2) is 21.1 Å². The second-order valence-corrected chi connectivity index (χ2v) is 5.83. The summed E-state index contributed by atoms with van der Waals surface area (Å²) < 4.78 is 1.74. The predicted octanol–water partition coefficient (Wildman–Crippen LogP) is 3.09. The lowest BCUT2D eigenvalue weighted by Crippen LogP contribution is -2.30. The molecular weight excluding hydrogens is 364 g/mol. The second-order valence-electron chi connectivity index (χ2n) is 4.06. The highest BCUT2D eigenvalue weighted by Crippen LogP contribution is 2.29. The first-order valence-corrected chi connectivity index (χ1v) is 7.20. The Labute approximate surface area is 123 Å². The van der Waals surface area contributed by atoms with E-state index in [1.807, 2.05) is 24.0 Å². The number of nitrogens with two attached hydrogens (primary N) is 1. The second kappa shape index (κ2) is 7.11. The molecule has 4 nitrogen and oxygen atoms in total. The fourth-order valence-corrected chi connectivity index (χ4v) is 3.05. The van der Waals surface area contributed by atoms with Crippen LogP contribution in [0, 0.1) is 0 Å². The Morgan fingerprint density at radius 3 is 2.67 bits per heavy atom. The van der Waals surface area contributed by atoms with Crippen molar-refractivity contribution in [3.63, 3.8) is 0 Å². The average Bonchev–Trinajstić information content (AvgIpc) is 2.24. The van der Waals surface area contributed by atoms with Gasteiger partial charge >= 0.3 is 5.97 Å². The van der Waals surface area contributed by atoms with Gasteiger partial charge in [0.05, 0.1) is 12.2 Å². The minimum absolute atomic E-state index is 0.0252. The van der Waals surface area contributed by atoms with Crippen molar-refractivity contribution >= 4 is 43.5 Å². The van der Waals surface area contributed by atoms with Crippen LogP contribution in [0.2, 0.25) is 0 Å². The van der Waals surface area contributed by atoms with Crippen molar-refractivity contribution < 1.29 is 9.90 Å². The zero-order chi connectivity index (χ0) is 13.7. The fourth-order valence-electron chi connectivity index (χ4n) is 1.73. The van der Waals surface area contributed by atoms with E-state index in [1.165, 1.54) is 0 Å². The predicted molar refractivity (Wildman–Crippen MR) is 79.5 cm³/mol. The molecule has 0 radical (unpaired) electrons. The van der Waals surface area contributed by atoms with Gasteiger partial charge in [0, 0.05) is 15.5 Å². The number of anilines is 1. The number of carboxylic acid groups (broad SMARTS) is 1. The maximum absolute atomic E-state index is 10.8. The Balaban J connectivity index is 2.89. The summed E-state index contributed by atoms with van der Waals surface area (Å²) in [6, 6.07) is 3.80. The molecule has 1 rings (SSSR count). The summed E-state index contributed by atoms with van der Waals surface area (Å²) in [6.45, 7) is 3.31. The largest absolute Gasteiger partial charge is 0.480 e. The Hall–Kier alpha value is -0.590. The molecule has 1 aromatic rings. The molecule has 0 aliphatic rings. The van der Waals surface area contributed by atoms with E-state index in [9.17, 15) is 4.79 Å². The molecule has 0 atom stereocenters. The van der Waals surface area contributed by atoms with E-state index in [-0.39, 0.29) is 6.54 Å². The molecular formula is C12H16Br2N2O2. The molecule has 0 amide bonds. The van der Waals surface area contributed by atoms with Crippen LogP contribution in [-0.4, -0.2) is 29.1 Å². The molecule has 100 valence electrons. The Morgan fingerprint density at radius 2 is 2.11 bits per heavy atom. The fraction of sp³-hybridized carbons (Fsp3) is 0.417. The van der Waals surface area contributed by atoms with E-state index in [0.717, 1.165) is 27.5 Å². The van der Waals surface area contributed by atoms with Gasteiger partial charge in [-0.1, -0.05) is 22.9 Å². The maximum atomic E-state index is 10.8. The number of hydrogen-bond donors (Lipinski definition) is 2. The highest BCUT2D eigenvalue weighted by Gasteiger charge is 2.13. The molecule has 6 heteroatoms. The summed E-state index contributed by atoms with van der Waals surface area (Å²) in [4.78, 5) is 12.7. The Kier molecular flexibility index (Phi) is 6.11. The summed E-state index contributed by atoms with van der Waals surface area (Å²) in [5.74, 6) is -0.823. The molecule has 0 aliphatic heterocycles. The van der Waals surface area contributed by atoms with Crippen molar-refractivity contribution in [2.75, 3.05) is 18.8 Å². The molecule has 0 bridgehead atoms. The lowest BCUT2D eigenvalue weighted by molar-refractivity contribution is -0.138. The summed E-state index contributed by atoms with van der Waals surface area (Å²) in [5, 5.41) is 8.88. The maximum Gasteiger partial charge on any atom is 0.317 e. The van der Waals surface area contributed by atoms with E-state index in [1.54, 1.807) is 0 Å². The molecule has 0 fully saturated rings. The van der Waals surface area contributed by atoms with Crippen LogP contribution in [0.25, 0.3) is 0 Å². The van der Waals surface area contributed by atoms with Crippen LogP contribution in [0.1, 0.15) is 18.9 Å². The van der Waals surface area contributed by atoms with Crippen LogP contribution >= 0.6 is 31.9 Å². The van der Waals surface area contributed by atoms with E-state index < -0.39 is 5.97 Å². The number of nitrogen functional groups attached to an aromatic ring is 1. The first-order valence-electron chi connectivity index (χ1n) is 5.61. The van der Waals surface area contributed by atoms with Gasteiger partial charge in [0.25, 0.3) is 0 Å². The monoisotopic (exact) mass is 378 g/mol. The minimum Gasteiger partial charge on any atom is -0.480 e. The summed E-state index contributed by atoms with van der Waals surface area (Å²) in [6.07, 6.45) is 0.905. The molecule has 1 aromatic carbocycles. The van der Waals surface area contributed by atoms with Gasteiger partial charge in [-0.3, -0.25) is 9.69 Å². The van der Waals surface area contributed by atoms with Crippen molar-refractivity contribution in [3.8, 4) is 0 Å². The normalized spacial score (nSPS) is 10.9. The van der Waals surface area contributed by atoms with Gasteiger partial charge in [-0.2, -0.15) is 0 Å². The van der Waals surface area contributed by atoms with E-state index in [2.05, 4.69) is 31.9 Å². The molecule has 18 heavy (non-hydrogen) atoms. The van der Waals surface area contributed by atoms with Crippen LogP contribution in [-0.2, 0) is 11.3 Å². The van der Waals surface area contributed by atoms with Crippen molar-refractivity contribution in [1.29, 1.82) is 0 Å². The standard InChI is InChI=1S/C12H16Br2N2O2/c1-2-3-16(7-11(17)18)6-8-4-9(13)5-10(14)12(8)15/h4-5H,2-3,6-7,15H2,1H3,(H,17,18). The first kappa shape index (κ1) is 15.5. The topological polar surface area (TPSA) is 66.6 Å². The number of carboxylic acids is 1. The third-order valence-corrected chi connectivity index (χ3v) is 3.59. The summed E-state index contributed by atoms with van der Waals surface area (Å²) in [7, 11) is 0. The lowest BCUT2D eigenvalue weighted by Gasteiger charge is -2.21. The van der Waals surface area contributed by atoms with Crippen molar-refractivity contribution in [2.24, 2.45) is 0 Å². The average molecular weight is 380 g/mol. The van der Waals surface area contributed by atoms with Crippen LogP contribution < -0.4 is 5.73 Å². The molecule has 0 aromatic heterocycles. The highest BCUT2D eigenvalue weighted by atomic mass is 79.9. The van der Waals surface area contributed by atoms with Crippen molar-refractivity contribution in [2.45, 2.75) is 19.9 Å². The van der Waals surface area contributed by atoms with Crippen molar-refractivity contribution in [1.82, 2.24) is 4.90 Å². The van der Waals surface area contributed by atoms with Crippen LogP contribution in [0.3, 0.4) is 0 Å². The Morgan fingerprint density at radius 1 is 1.44 bits per heavy atom. The number of rotatable bonds is 6. The summed E-state index contributed by atoms with van der Waals surface area (Å²) >= 11 is 6.79. The van der Waals surface area contributed by atoms with E-state index in [0.29, 0.717) is 12.2 Å². The molecule has 0 aliphatic carbocycles. The zero-order valence-corrected chi connectivity index (χ0v) is 13.3. The third-order valence-electron chi connectivity index (χ3n) is 2.47. The van der Waals surface area contributed by atoms with Gasteiger partial charge in [0.2, 0.25) is 0 Å². The quantitative estimate of drug-likeness (QED) is 0.745. The van der Waals surface area contributed by atoms with Gasteiger partial charge in [0.15, 0.2) is 0 Å². The smallest absolute Gasteiger partial charge is 0.317 e. The van der Waals surface area contributed by atoms with Gasteiger partial charge in [-0.05, 0) is 46.6 Å². The Bertz CT molecular complexity index is 438. The van der Waals surface area contributed by atoms with Gasteiger partial charge in [0.1, 0.15) is 0 Å². The van der Waals surface area contributed by atoms with Crippen LogP contribution in [0.5, 0.6) is 0 Å². The molecule has 0 heterocycles. The van der Waals surface area contributed by atoms with Gasteiger partial charge in [-0.15, -0.1) is 0 Å².